The summed E-state index contributed by atoms with van der Waals surface area (Å²) in [6, 6.07) is 1.04. The molecule has 2 aromatic rings. The number of carbonyl (C=O) groups is 2. The number of anilines is 1. The minimum absolute atomic E-state index is 0. The maximum atomic E-state index is 11.5. The van der Waals surface area contributed by atoms with E-state index in [9.17, 15) is 9.59 Å². The summed E-state index contributed by atoms with van der Waals surface area (Å²) >= 11 is 1.28. The van der Waals surface area contributed by atoms with Crippen molar-refractivity contribution in [3.63, 3.8) is 0 Å². The SMILES string of the molecule is COC(=O)c1cc(-c2csc(NC(=O)C(C)N)n2)c[nH]1.Cl. The lowest BCUT2D eigenvalue weighted by Gasteiger charge is -2.03. The molecule has 1 atom stereocenters. The van der Waals surface area contributed by atoms with Crippen molar-refractivity contribution < 1.29 is 14.3 Å². The summed E-state index contributed by atoms with van der Waals surface area (Å²) in [6.45, 7) is 1.60. The second-order valence-corrected chi connectivity index (χ2v) is 4.97. The molecule has 0 aliphatic rings. The summed E-state index contributed by atoms with van der Waals surface area (Å²) in [5.41, 5.74) is 7.20. The van der Waals surface area contributed by atoms with Gasteiger partial charge < -0.3 is 20.8 Å². The number of halogens is 1. The molecule has 0 aromatic carbocycles. The van der Waals surface area contributed by atoms with Crippen LogP contribution in [-0.4, -0.2) is 35.0 Å². The predicted octanol–water partition coefficient (Wildman–Crippen LogP) is 1.63. The summed E-state index contributed by atoms with van der Waals surface area (Å²) < 4.78 is 4.61. The third-order valence-corrected chi connectivity index (χ3v) is 3.29. The van der Waals surface area contributed by atoms with E-state index in [0.717, 1.165) is 5.56 Å². The molecule has 2 rings (SSSR count). The minimum Gasteiger partial charge on any atom is -0.464 e. The third kappa shape index (κ3) is 4.03. The van der Waals surface area contributed by atoms with E-state index < -0.39 is 12.0 Å². The number of thiazole rings is 1. The molecule has 9 heteroatoms. The topological polar surface area (TPSA) is 110 Å². The number of rotatable bonds is 4. The standard InChI is InChI=1S/C12H14N4O3S.ClH/c1-6(13)10(17)16-12-15-9(5-20-12)7-3-8(14-4-7)11(18)19-2;/h3-6,14H,13H2,1-2H3,(H,15,16,17);1H. The number of esters is 1. The molecule has 2 heterocycles. The van der Waals surface area contributed by atoms with Gasteiger partial charge in [0, 0.05) is 17.1 Å². The summed E-state index contributed by atoms with van der Waals surface area (Å²) in [7, 11) is 1.31. The molecule has 0 saturated heterocycles. The fraction of sp³-hybridized carbons (Fsp3) is 0.250. The van der Waals surface area contributed by atoms with Crippen molar-refractivity contribution in [1.29, 1.82) is 0 Å². The summed E-state index contributed by atoms with van der Waals surface area (Å²) in [6.07, 6.45) is 1.65. The Morgan fingerprint density at radius 1 is 1.52 bits per heavy atom. The van der Waals surface area contributed by atoms with Gasteiger partial charge in [-0.15, -0.1) is 23.7 Å². The zero-order valence-corrected chi connectivity index (χ0v) is 13.0. The van der Waals surface area contributed by atoms with Gasteiger partial charge in [0.2, 0.25) is 5.91 Å². The van der Waals surface area contributed by atoms with E-state index >= 15 is 0 Å². The maximum absolute atomic E-state index is 11.5. The van der Waals surface area contributed by atoms with Crippen LogP contribution in [0.25, 0.3) is 11.3 Å². The van der Waals surface area contributed by atoms with Crippen molar-refractivity contribution in [3.8, 4) is 11.3 Å². The van der Waals surface area contributed by atoms with E-state index in [0.29, 0.717) is 16.5 Å². The molecule has 0 aliphatic heterocycles. The lowest BCUT2D eigenvalue weighted by atomic mass is 10.2. The van der Waals surface area contributed by atoms with Crippen molar-refractivity contribution >= 4 is 40.8 Å². The lowest BCUT2D eigenvalue weighted by Crippen LogP contribution is -2.32. The van der Waals surface area contributed by atoms with Gasteiger partial charge in [-0.2, -0.15) is 0 Å². The van der Waals surface area contributed by atoms with E-state index in [4.69, 9.17) is 5.73 Å². The average Bonchev–Trinajstić information content (AvgIpc) is 3.05. The van der Waals surface area contributed by atoms with E-state index in [1.807, 2.05) is 0 Å². The molecule has 4 N–H and O–H groups in total. The van der Waals surface area contributed by atoms with Crippen molar-refractivity contribution in [2.75, 3.05) is 12.4 Å². The first-order valence-electron chi connectivity index (χ1n) is 5.80. The van der Waals surface area contributed by atoms with Crippen molar-refractivity contribution in [3.05, 3.63) is 23.3 Å². The van der Waals surface area contributed by atoms with Crippen LogP contribution in [0.4, 0.5) is 5.13 Å². The number of ether oxygens (including phenoxy) is 1. The first kappa shape index (κ1) is 17.2. The van der Waals surface area contributed by atoms with E-state index in [-0.39, 0.29) is 18.3 Å². The number of nitrogens with zero attached hydrogens (tertiary/aromatic N) is 1. The van der Waals surface area contributed by atoms with Gasteiger partial charge in [0.25, 0.3) is 0 Å². The van der Waals surface area contributed by atoms with Crippen LogP contribution in [0.3, 0.4) is 0 Å². The first-order valence-corrected chi connectivity index (χ1v) is 6.68. The molecule has 1 amide bonds. The number of aromatic nitrogens is 2. The molecule has 114 valence electrons. The van der Waals surface area contributed by atoms with Gasteiger partial charge in [-0.25, -0.2) is 9.78 Å². The highest BCUT2D eigenvalue weighted by molar-refractivity contribution is 7.14. The molecule has 0 radical (unpaired) electrons. The van der Waals surface area contributed by atoms with Crippen molar-refractivity contribution in [2.24, 2.45) is 5.73 Å². The third-order valence-electron chi connectivity index (χ3n) is 2.53. The molecule has 0 bridgehead atoms. The van der Waals surface area contributed by atoms with Crippen LogP contribution in [0.1, 0.15) is 17.4 Å². The Hall–Kier alpha value is -1.90. The molecular formula is C12H15ClN4O3S. The minimum atomic E-state index is -0.597. The van der Waals surface area contributed by atoms with Crippen LogP contribution < -0.4 is 11.1 Å². The van der Waals surface area contributed by atoms with Crippen LogP contribution in [0.5, 0.6) is 0 Å². The Bertz CT molecular complexity index is 638. The zero-order chi connectivity index (χ0) is 14.7. The molecule has 0 spiro atoms. The van der Waals surface area contributed by atoms with Crippen molar-refractivity contribution in [1.82, 2.24) is 9.97 Å². The number of amides is 1. The Labute approximate surface area is 131 Å². The second kappa shape index (κ2) is 7.21. The van der Waals surface area contributed by atoms with Gasteiger partial charge >= 0.3 is 5.97 Å². The number of carbonyl (C=O) groups excluding carboxylic acids is 2. The fourth-order valence-corrected chi connectivity index (χ4v) is 2.18. The average molecular weight is 331 g/mol. The second-order valence-electron chi connectivity index (χ2n) is 4.11. The van der Waals surface area contributed by atoms with Gasteiger partial charge in [-0.3, -0.25) is 4.79 Å². The van der Waals surface area contributed by atoms with Crippen LogP contribution in [0, 0.1) is 0 Å². The van der Waals surface area contributed by atoms with Crippen LogP contribution in [-0.2, 0) is 9.53 Å². The maximum Gasteiger partial charge on any atom is 0.354 e. The lowest BCUT2D eigenvalue weighted by molar-refractivity contribution is -0.117. The summed E-state index contributed by atoms with van der Waals surface area (Å²) in [5, 5.41) is 4.85. The van der Waals surface area contributed by atoms with Crippen LogP contribution >= 0.6 is 23.7 Å². The molecule has 0 fully saturated rings. The smallest absolute Gasteiger partial charge is 0.354 e. The van der Waals surface area contributed by atoms with E-state index in [2.05, 4.69) is 20.0 Å². The number of methoxy groups -OCH3 is 1. The van der Waals surface area contributed by atoms with Gasteiger partial charge in [-0.05, 0) is 13.0 Å². The Balaban J connectivity index is 0.00000220. The Morgan fingerprint density at radius 2 is 2.24 bits per heavy atom. The van der Waals surface area contributed by atoms with Crippen LogP contribution in [0.15, 0.2) is 17.6 Å². The molecule has 21 heavy (non-hydrogen) atoms. The number of hydrogen-bond acceptors (Lipinski definition) is 6. The number of H-pyrrole nitrogens is 1. The van der Waals surface area contributed by atoms with Gasteiger partial charge in [0.15, 0.2) is 5.13 Å². The number of nitrogens with one attached hydrogen (secondary N) is 2. The highest BCUT2D eigenvalue weighted by Crippen LogP contribution is 2.25. The largest absolute Gasteiger partial charge is 0.464 e. The quantitative estimate of drug-likeness (QED) is 0.738. The molecule has 7 nitrogen and oxygen atoms in total. The van der Waals surface area contributed by atoms with Gasteiger partial charge in [0.1, 0.15) is 5.69 Å². The highest BCUT2D eigenvalue weighted by atomic mass is 35.5. The molecule has 1 unspecified atom stereocenters. The predicted molar refractivity (Wildman–Crippen MR) is 82.8 cm³/mol. The monoisotopic (exact) mass is 330 g/mol. The van der Waals surface area contributed by atoms with Gasteiger partial charge in [-0.1, -0.05) is 0 Å². The van der Waals surface area contributed by atoms with Gasteiger partial charge in [0.05, 0.1) is 18.8 Å². The summed E-state index contributed by atoms with van der Waals surface area (Å²) in [4.78, 5) is 29.9. The van der Waals surface area contributed by atoms with Crippen molar-refractivity contribution in [2.45, 2.75) is 13.0 Å². The number of nitrogens with two attached hydrogens (primary N) is 1. The summed E-state index contributed by atoms with van der Waals surface area (Å²) in [5.74, 6) is -0.743. The van der Waals surface area contributed by atoms with Crippen LogP contribution in [0.2, 0.25) is 0 Å². The molecular weight excluding hydrogens is 316 g/mol. The number of hydrogen-bond donors (Lipinski definition) is 3. The van der Waals surface area contributed by atoms with E-state index in [1.54, 1.807) is 24.6 Å². The van der Waals surface area contributed by atoms with E-state index in [1.165, 1.54) is 18.4 Å². The molecule has 2 aromatic heterocycles. The molecule has 0 saturated carbocycles. The molecule has 0 aliphatic carbocycles. The first-order chi connectivity index (χ1) is 9.51. The number of aromatic amines is 1. The normalized spacial score (nSPS) is 11.4. The highest BCUT2D eigenvalue weighted by Gasteiger charge is 2.13. The zero-order valence-electron chi connectivity index (χ0n) is 11.4. The Kier molecular flexibility index (Phi) is 5.89. The Morgan fingerprint density at radius 3 is 2.86 bits per heavy atom. The fourth-order valence-electron chi connectivity index (χ4n) is 1.45.